The van der Waals surface area contributed by atoms with E-state index >= 15 is 0 Å². The number of carbonyl (C=O) groups excluding carboxylic acids is 1. The average molecular weight is 287 g/mol. The third kappa shape index (κ3) is 3.61. The zero-order valence-electron chi connectivity index (χ0n) is 12.3. The van der Waals surface area contributed by atoms with E-state index in [1.54, 1.807) is 0 Å². The summed E-state index contributed by atoms with van der Waals surface area (Å²) in [6.45, 7) is 4.19. The number of nitrogens with one attached hydrogen (secondary N) is 2. The number of aryl methyl sites for hydroxylation is 1. The summed E-state index contributed by atoms with van der Waals surface area (Å²) in [4.78, 5) is 19.6. The Balaban J connectivity index is 1.48. The SMILES string of the molecule is Cc1ccc2nc(CCNC(=O)C[C@@H]3CCOC3)[nH]c2c1. The van der Waals surface area contributed by atoms with E-state index in [0.717, 1.165) is 42.9 Å². The van der Waals surface area contributed by atoms with E-state index in [0.29, 0.717) is 18.9 Å². The molecule has 1 fully saturated rings. The number of imidazole rings is 1. The van der Waals surface area contributed by atoms with Gasteiger partial charge in [0.05, 0.1) is 11.0 Å². The highest BCUT2D eigenvalue weighted by molar-refractivity contribution is 5.76. The topological polar surface area (TPSA) is 67.0 Å². The number of aromatic amines is 1. The first-order chi connectivity index (χ1) is 10.2. The maximum atomic E-state index is 11.8. The molecule has 1 amide bonds. The summed E-state index contributed by atoms with van der Waals surface area (Å²) in [6.07, 6.45) is 2.29. The molecule has 0 spiro atoms. The zero-order chi connectivity index (χ0) is 14.7. The van der Waals surface area contributed by atoms with E-state index in [9.17, 15) is 4.79 Å². The Morgan fingerprint density at radius 2 is 2.43 bits per heavy atom. The van der Waals surface area contributed by atoms with E-state index in [1.165, 1.54) is 5.56 Å². The minimum absolute atomic E-state index is 0.109. The van der Waals surface area contributed by atoms with Gasteiger partial charge in [-0.2, -0.15) is 0 Å². The van der Waals surface area contributed by atoms with Crippen molar-refractivity contribution < 1.29 is 9.53 Å². The van der Waals surface area contributed by atoms with Crippen molar-refractivity contribution in [3.8, 4) is 0 Å². The number of hydrogen-bond donors (Lipinski definition) is 2. The third-order valence-corrected chi connectivity index (χ3v) is 3.87. The maximum Gasteiger partial charge on any atom is 0.220 e. The van der Waals surface area contributed by atoms with Crippen LogP contribution in [0.5, 0.6) is 0 Å². The van der Waals surface area contributed by atoms with Gasteiger partial charge in [-0.15, -0.1) is 0 Å². The largest absolute Gasteiger partial charge is 0.381 e. The number of H-pyrrole nitrogens is 1. The van der Waals surface area contributed by atoms with Gasteiger partial charge in [-0.25, -0.2) is 4.98 Å². The molecule has 1 aliphatic heterocycles. The Labute approximate surface area is 124 Å². The number of aromatic nitrogens is 2. The highest BCUT2D eigenvalue weighted by atomic mass is 16.5. The fourth-order valence-electron chi connectivity index (χ4n) is 2.69. The van der Waals surface area contributed by atoms with Crippen LogP contribution in [0.2, 0.25) is 0 Å². The summed E-state index contributed by atoms with van der Waals surface area (Å²) >= 11 is 0. The highest BCUT2D eigenvalue weighted by Crippen LogP contribution is 2.16. The molecule has 0 radical (unpaired) electrons. The molecule has 5 heteroatoms. The molecule has 0 unspecified atom stereocenters. The van der Waals surface area contributed by atoms with Gasteiger partial charge in [0.2, 0.25) is 5.91 Å². The van der Waals surface area contributed by atoms with E-state index in [4.69, 9.17) is 4.74 Å². The van der Waals surface area contributed by atoms with Crippen molar-refractivity contribution in [2.24, 2.45) is 5.92 Å². The van der Waals surface area contributed by atoms with Crippen LogP contribution in [0.25, 0.3) is 11.0 Å². The molecule has 1 aliphatic rings. The van der Waals surface area contributed by atoms with Gasteiger partial charge in [0.1, 0.15) is 5.82 Å². The average Bonchev–Trinajstić information content (AvgIpc) is 3.07. The summed E-state index contributed by atoms with van der Waals surface area (Å²) in [7, 11) is 0. The van der Waals surface area contributed by atoms with Gasteiger partial charge in [0.25, 0.3) is 0 Å². The van der Waals surface area contributed by atoms with Crippen LogP contribution < -0.4 is 5.32 Å². The Hall–Kier alpha value is -1.88. The number of amides is 1. The number of ether oxygens (including phenoxy) is 1. The van der Waals surface area contributed by atoms with Crippen LogP contribution in [0, 0.1) is 12.8 Å². The molecular formula is C16H21N3O2. The van der Waals surface area contributed by atoms with Gasteiger partial charge in [0.15, 0.2) is 0 Å². The quantitative estimate of drug-likeness (QED) is 0.883. The summed E-state index contributed by atoms with van der Waals surface area (Å²) < 4.78 is 5.28. The monoisotopic (exact) mass is 287 g/mol. The summed E-state index contributed by atoms with van der Waals surface area (Å²) in [5.41, 5.74) is 3.24. The van der Waals surface area contributed by atoms with Crippen molar-refractivity contribution in [1.82, 2.24) is 15.3 Å². The standard InChI is InChI=1S/C16H21N3O2/c1-11-2-3-13-14(8-11)19-15(18-13)4-6-17-16(20)9-12-5-7-21-10-12/h2-3,8,12H,4-7,9-10H2,1H3,(H,17,20)(H,18,19)/t12-/m0/s1. The van der Waals surface area contributed by atoms with Gasteiger partial charge >= 0.3 is 0 Å². The van der Waals surface area contributed by atoms with Crippen LogP contribution in [0.3, 0.4) is 0 Å². The molecule has 21 heavy (non-hydrogen) atoms. The molecule has 3 rings (SSSR count). The lowest BCUT2D eigenvalue weighted by molar-refractivity contribution is -0.122. The lowest BCUT2D eigenvalue weighted by Gasteiger charge is -2.07. The normalized spacial score (nSPS) is 18.2. The molecule has 1 aromatic carbocycles. The minimum atomic E-state index is 0.109. The Morgan fingerprint density at radius 1 is 1.52 bits per heavy atom. The summed E-state index contributed by atoms with van der Waals surface area (Å²) in [5.74, 6) is 1.41. The molecule has 2 heterocycles. The summed E-state index contributed by atoms with van der Waals surface area (Å²) in [6, 6.07) is 6.16. The lowest BCUT2D eigenvalue weighted by atomic mass is 10.1. The van der Waals surface area contributed by atoms with Gasteiger partial charge in [-0.05, 0) is 37.0 Å². The van der Waals surface area contributed by atoms with Gasteiger partial charge in [0, 0.05) is 32.6 Å². The minimum Gasteiger partial charge on any atom is -0.381 e. The number of nitrogens with zero attached hydrogens (tertiary/aromatic N) is 1. The smallest absolute Gasteiger partial charge is 0.220 e. The molecular weight excluding hydrogens is 266 g/mol. The van der Waals surface area contributed by atoms with Crippen LogP contribution in [0.4, 0.5) is 0 Å². The second-order valence-corrected chi connectivity index (χ2v) is 5.74. The molecule has 1 saturated heterocycles. The van der Waals surface area contributed by atoms with Crippen molar-refractivity contribution in [1.29, 1.82) is 0 Å². The van der Waals surface area contributed by atoms with Crippen molar-refractivity contribution in [2.75, 3.05) is 19.8 Å². The predicted octanol–water partition coefficient (Wildman–Crippen LogP) is 1.96. The number of benzene rings is 1. The van der Waals surface area contributed by atoms with Crippen molar-refractivity contribution in [3.63, 3.8) is 0 Å². The molecule has 1 aromatic heterocycles. The van der Waals surface area contributed by atoms with Crippen LogP contribution in [-0.4, -0.2) is 35.6 Å². The number of fused-ring (bicyclic) bond motifs is 1. The van der Waals surface area contributed by atoms with Gasteiger partial charge < -0.3 is 15.0 Å². The number of rotatable bonds is 5. The zero-order valence-corrected chi connectivity index (χ0v) is 12.3. The molecule has 0 saturated carbocycles. The third-order valence-electron chi connectivity index (χ3n) is 3.87. The summed E-state index contributed by atoms with van der Waals surface area (Å²) in [5, 5.41) is 2.96. The lowest BCUT2D eigenvalue weighted by Crippen LogP contribution is -2.27. The molecule has 1 atom stereocenters. The Bertz CT molecular complexity index is 629. The van der Waals surface area contributed by atoms with Gasteiger partial charge in [-0.1, -0.05) is 6.07 Å². The molecule has 112 valence electrons. The van der Waals surface area contributed by atoms with E-state index < -0.39 is 0 Å². The van der Waals surface area contributed by atoms with Crippen molar-refractivity contribution >= 4 is 16.9 Å². The fourth-order valence-corrected chi connectivity index (χ4v) is 2.69. The highest BCUT2D eigenvalue weighted by Gasteiger charge is 2.18. The molecule has 0 aliphatic carbocycles. The second kappa shape index (κ2) is 6.26. The van der Waals surface area contributed by atoms with Gasteiger partial charge in [-0.3, -0.25) is 4.79 Å². The van der Waals surface area contributed by atoms with E-state index in [1.807, 2.05) is 6.07 Å². The Morgan fingerprint density at radius 3 is 3.24 bits per heavy atom. The maximum absolute atomic E-state index is 11.8. The van der Waals surface area contributed by atoms with Crippen molar-refractivity contribution in [2.45, 2.75) is 26.2 Å². The van der Waals surface area contributed by atoms with Crippen molar-refractivity contribution in [3.05, 3.63) is 29.6 Å². The second-order valence-electron chi connectivity index (χ2n) is 5.74. The predicted molar refractivity (Wildman–Crippen MR) is 81.1 cm³/mol. The number of carbonyl (C=O) groups is 1. The molecule has 2 N–H and O–H groups in total. The van der Waals surface area contributed by atoms with Crippen LogP contribution in [-0.2, 0) is 16.0 Å². The first-order valence-corrected chi connectivity index (χ1v) is 7.50. The first kappa shape index (κ1) is 14.1. The molecule has 2 aromatic rings. The van der Waals surface area contributed by atoms with Crippen LogP contribution in [0.1, 0.15) is 24.2 Å². The fraction of sp³-hybridized carbons (Fsp3) is 0.500. The molecule has 5 nitrogen and oxygen atoms in total. The number of hydrogen-bond acceptors (Lipinski definition) is 3. The first-order valence-electron chi connectivity index (χ1n) is 7.50. The molecule has 0 bridgehead atoms. The van der Waals surface area contributed by atoms with Crippen LogP contribution >= 0.6 is 0 Å². The van der Waals surface area contributed by atoms with E-state index in [2.05, 4.69) is 34.3 Å². The van der Waals surface area contributed by atoms with E-state index in [-0.39, 0.29) is 5.91 Å². The van der Waals surface area contributed by atoms with Crippen LogP contribution in [0.15, 0.2) is 18.2 Å². The Kier molecular flexibility index (Phi) is 4.20.